The minimum Gasteiger partial charge on any atom is -0.444 e. The van der Waals surface area contributed by atoms with E-state index in [2.05, 4.69) is 15.4 Å². The number of imide groups is 1. The van der Waals surface area contributed by atoms with Crippen molar-refractivity contribution < 1.29 is 37.4 Å². The number of hydrogen-bond acceptors (Lipinski definition) is 7. The van der Waals surface area contributed by atoms with Crippen molar-refractivity contribution in [2.45, 2.75) is 45.8 Å². The van der Waals surface area contributed by atoms with Crippen molar-refractivity contribution in [3.8, 4) is 5.75 Å². The molecule has 0 radical (unpaired) electrons. The van der Waals surface area contributed by atoms with Crippen molar-refractivity contribution in [1.82, 2.24) is 15.5 Å². The van der Waals surface area contributed by atoms with Gasteiger partial charge in [-0.05, 0) is 62.7 Å². The molecule has 34 heavy (non-hydrogen) atoms. The summed E-state index contributed by atoms with van der Waals surface area (Å²) in [6.45, 7) is 2.67. The van der Waals surface area contributed by atoms with Crippen molar-refractivity contribution in [3.63, 3.8) is 0 Å². The van der Waals surface area contributed by atoms with Crippen molar-refractivity contribution >= 4 is 41.0 Å². The normalized spacial score (nSPS) is 15.1. The van der Waals surface area contributed by atoms with E-state index in [9.17, 15) is 28.0 Å². The number of nitrogens with one attached hydrogen (secondary N) is 2. The van der Waals surface area contributed by atoms with E-state index in [-0.39, 0.29) is 42.6 Å². The molecule has 0 atom stereocenters. The van der Waals surface area contributed by atoms with Crippen molar-refractivity contribution in [3.05, 3.63) is 34.7 Å². The third-order valence-corrected chi connectivity index (χ3v) is 5.09. The number of alkyl halides is 2. The zero-order valence-corrected chi connectivity index (χ0v) is 19.9. The lowest BCUT2D eigenvalue weighted by Gasteiger charge is -2.19. The lowest BCUT2D eigenvalue weighted by atomic mass is 10.2. The molecule has 4 amide bonds. The molecule has 1 heterocycles. The standard InChI is InChI=1S/C22H27F2N3O6S/c1-22(2,3)33-20(30)26-10-4-5-17(28)25-11-12-27-18(29)16(34-21(27)31)13-14-6-8-15(9-7-14)32-19(23)24/h6-9,13,19H,4-5,10-12H2,1-3H3,(H,25,28)(H,26,30)/b16-13+. The molecule has 0 unspecified atom stereocenters. The highest BCUT2D eigenvalue weighted by Gasteiger charge is 2.34. The van der Waals surface area contributed by atoms with Crippen LogP contribution in [0.2, 0.25) is 0 Å². The van der Waals surface area contributed by atoms with Crippen LogP contribution in [0, 0.1) is 0 Å². The highest BCUT2D eigenvalue weighted by molar-refractivity contribution is 8.18. The molecule has 0 aliphatic carbocycles. The van der Waals surface area contributed by atoms with Gasteiger partial charge in [0.25, 0.3) is 11.1 Å². The molecular formula is C22H27F2N3O6S. The zero-order valence-electron chi connectivity index (χ0n) is 19.1. The van der Waals surface area contributed by atoms with E-state index in [4.69, 9.17) is 4.74 Å². The maximum Gasteiger partial charge on any atom is 0.407 e. The van der Waals surface area contributed by atoms with Crippen LogP contribution in [0.25, 0.3) is 6.08 Å². The van der Waals surface area contributed by atoms with Gasteiger partial charge in [0.2, 0.25) is 5.91 Å². The average Bonchev–Trinajstić information content (AvgIpc) is 2.98. The Morgan fingerprint density at radius 2 is 1.79 bits per heavy atom. The van der Waals surface area contributed by atoms with E-state index in [1.807, 2.05) is 0 Å². The first-order valence-electron chi connectivity index (χ1n) is 10.5. The molecule has 9 nitrogen and oxygen atoms in total. The second-order valence-corrected chi connectivity index (χ2v) is 9.16. The number of ether oxygens (including phenoxy) is 2. The molecule has 1 aromatic rings. The average molecular weight is 500 g/mol. The Morgan fingerprint density at radius 1 is 1.12 bits per heavy atom. The van der Waals surface area contributed by atoms with E-state index in [1.54, 1.807) is 20.8 Å². The molecule has 0 aromatic heterocycles. The Bertz CT molecular complexity index is 932. The van der Waals surface area contributed by atoms with Crippen LogP contribution in [0.3, 0.4) is 0 Å². The molecule has 12 heteroatoms. The predicted molar refractivity (Wildman–Crippen MR) is 122 cm³/mol. The van der Waals surface area contributed by atoms with Crippen LogP contribution in [0.4, 0.5) is 18.4 Å². The van der Waals surface area contributed by atoms with Crippen molar-refractivity contribution in [2.75, 3.05) is 19.6 Å². The summed E-state index contributed by atoms with van der Waals surface area (Å²) < 4.78 is 33.8. The predicted octanol–water partition coefficient (Wildman–Crippen LogP) is 3.75. The van der Waals surface area contributed by atoms with Crippen LogP contribution in [0.5, 0.6) is 5.75 Å². The minimum atomic E-state index is -2.93. The van der Waals surface area contributed by atoms with Crippen LogP contribution in [-0.4, -0.2) is 59.9 Å². The summed E-state index contributed by atoms with van der Waals surface area (Å²) in [6, 6.07) is 5.65. The number of hydrogen-bond donors (Lipinski definition) is 2. The van der Waals surface area contributed by atoms with Gasteiger partial charge in [-0.25, -0.2) is 4.79 Å². The van der Waals surface area contributed by atoms with Gasteiger partial charge in [-0.2, -0.15) is 8.78 Å². The van der Waals surface area contributed by atoms with Gasteiger partial charge in [-0.15, -0.1) is 0 Å². The van der Waals surface area contributed by atoms with E-state index < -0.39 is 29.5 Å². The number of alkyl carbamates (subject to hydrolysis) is 1. The van der Waals surface area contributed by atoms with Crippen LogP contribution >= 0.6 is 11.8 Å². The fraction of sp³-hybridized carbons (Fsp3) is 0.455. The Morgan fingerprint density at radius 3 is 2.41 bits per heavy atom. The van der Waals surface area contributed by atoms with Crippen molar-refractivity contribution in [1.29, 1.82) is 0 Å². The number of carbonyl (C=O) groups is 4. The number of amides is 4. The Balaban J connectivity index is 1.73. The first kappa shape index (κ1) is 27.1. The number of halogens is 2. The SMILES string of the molecule is CC(C)(C)OC(=O)NCCCC(=O)NCCN1C(=O)S/C(=C/c2ccc(OC(F)F)cc2)C1=O. The minimum absolute atomic E-state index is 0.00503. The highest BCUT2D eigenvalue weighted by atomic mass is 32.2. The van der Waals surface area contributed by atoms with E-state index >= 15 is 0 Å². The van der Waals surface area contributed by atoms with Crippen LogP contribution < -0.4 is 15.4 Å². The number of benzene rings is 1. The highest BCUT2D eigenvalue weighted by Crippen LogP contribution is 2.32. The third-order valence-electron chi connectivity index (χ3n) is 4.18. The summed E-state index contributed by atoms with van der Waals surface area (Å²) in [7, 11) is 0. The first-order valence-corrected chi connectivity index (χ1v) is 11.3. The number of nitrogens with zero attached hydrogens (tertiary/aromatic N) is 1. The van der Waals surface area contributed by atoms with E-state index in [0.717, 1.165) is 16.7 Å². The van der Waals surface area contributed by atoms with Gasteiger partial charge in [0.15, 0.2) is 0 Å². The van der Waals surface area contributed by atoms with Crippen molar-refractivity contribution in [2.24, 2.45) is 0 Å². The lowest BCUT2D eigenvalue weighted by molar-refractivity contribution is -0.124. The van der Waals surface area contributed by atoms with E-state index in [0.29, 0.717) is 12.0 Å². The fourth-order valence-corrected chi connectivity index (χ4v) is 3.60. The molecule has 0 saturated carbocycles. The molecular weight excluding hydrogens is 472 g/mol. The van der Waals surface area contributed by atoms with E-state index in [1.165, 1.54) is 30.3 Å². The van der Waals surface area contributed by atoms with Gasteiger partial charge in [0.1, 0.15) is 11.4 Å². The topological polar surface area (TPSA) is 114 Å². The second kappa shape index (κ2) is 12.4. The number of thioether (sulfide) groups is 1. The molecule has 1 fully saturated rings. The summed E-state index contributed by atoms with van der Waals surface area (Å²) in [5, 5.41) is 4.72. The van der Waals surface area contributed by atoms with Crippen LogP contribution in [0.15, 0.2) is 29.2 Å². The van der Waals surface area contributed by atoms with Crippen LogP contribution in [-0.2, 0) is 14.3 Å². The van der Waals surface area contributed by atoms with Gasteiger partial charge in [-0.1, -0.05) is 12.1 Å². The first-order chi connectivity index (χ1) is 15.9. The van der Waals surface area contributed by atoms with Gasteiger partial charge >= 0.3 is 12.7 Å². The van der Waals surface area contributed by atoms with Gasteiger partial charge in [-0.3, -0.25) is 19.3 Å². The largest absolute Gasteiger partial charge is 0.444 e. The van der Waals surface area contributed by atoms with Crippen LogP contribution in [0.1, 0.15) is 39.2 Å². The quantitative estimate of drug-likeness (QED) is 0.372. The number of carbonyl (C=O) groups excluding carboxylic acids is 4. The number of rotatable bonds is 10. The Kier molecular flexibility index (Phi) is 9.84. The smallest absolute Gasteiger partial charge is 0.407 e. The third kappa shape index (κ3) is 9.38. The Hall–Kier alpha value is -3.15. The maximum atomic E-state index is 12.5. The van der Waals surface area contributed by atoms with Gasteiger partial charge in [0.05, 0.1) is 4.91 Å². The summed E-state index contributed by atoms with van der Waals surface area (Å²) in [6.07, 6.45) is 1.48. The summed E-state index contributed by atoms with van der Waals surface area (Å²) in [5.74, 6) is -0.796. The maximum absolute atomic E-state index is 12.5. The molecule has 1 saturated heterocycles. The molecule has 1 aliphatic rings. The summed E-state index contributed by atoms with van der Waals surface area (Å²) >= 11 is 0.756. The monoisotopic (exact) mass is 499 g/mol. The lowest BCUT2D eigenvalue weighted by Crippen LogP contribution is -2.37. The summed E-state index contributed by atoms with van der Waals surface area (Å²) in [4.78, 5) is 49.4. The molecule has 1 aromatic carbocycles. The Labute approximate surface area is 200 Å². The molecule has 0 spiro atoms. The fourth-order valence-electron chi connectivity index (χ4n) is 2.74. The van der Waals surface area contributed by atoms with Gasteiger partial charge < -0.3 is 20.1 Å². The molecule has 2 N–H and O–H groups in total. The second-order valence-electron chi connectivity index (χ2n) is 8.16. The molecule has 1 aliphatic heterocycles. The molecule has 2 rings (SSSR count). The molecule has 0 bridgehead atoms. The molecule has 186 valence electrons. The zero-order chi connectivity index (χ0) is 25.3. The summed E-state index contributed by atoms with van der Waals surface area (Å²) in [5.41, 5.74) is -0.0598. The van der Waals surface area contributed by atoms with Gasteiger partial charge in [0, 0.05) is 26.1 Å².